The third-order valence-electron chi connectivity index (χ3n) is 3.72. The standard InChI is InChI=1S/C15H22ClN7O/c1-2-11-13(16)23-15(12(22-11)14(18)24)21-10(7-17)8-20-9-3-5-19-6-4-9/h7-9,17,19-20H,2-6H2,1H3,(H2,18,24)(H,21,23)/b10-8+,17-7?. The number of allylic oxidation sites excluding steroid dienone is 1. The van der Waals surface area contributed by atoms with Crippen LogP contribution in [0, 0.1) is 5.41 Å². The zero-order valence-corrected chi connectivity index (χ0v) is 14.3. The molecule has 0 aliphatic carbocycles. The Morgan fingerprint density at radius 1 is 1.46 bits per heavy atom. The van der Waals surface area contributed by atoms with Gasteiger partial charge in [0.15, 0.2) is 16.7 Å². The predicted molar refractivity (Wildman–Crippen MR) is 94.5 cm³/mol. The summed E-state index contributed by atoms with van der Waals surface area (Å²) >= 11 is 6.07. The molecule has 0 bridgehead atoms. The van der Waals surface area contributed by atoms with Gasteiger partial charge in [-0.1, -0.05) is 18.5 Å². The molecule has 0 saturated carbocycles. The number of piperidine rings is 1. The first kappa shape index (κ1) is 18.2. The SMILES string of the molecule is CCc1nc(C(N)=O)c(N/C(C=N)=C/NC2CCNCC2)nc1Cl. The van der Waals surface area contributed by atoms with Crippen LogP contribution in [-0.4, -0.2) is 41.2 Å². The monoisotopic (exact) mass is 351 g/mol. The molecule has 6 N–H and O–H groups in total. The molecule has 0 aromatic carbocycles. The third kappa shape index (κ3) is 4.65. The Hall–Kier alpha value is -2.19. The number of halogens is 1. The van der Waals surface area contributed by atoms with Crippen molar-refractivity contribution in [2.24, 2.45) is 5.73 Å². The van der Waals surface area contributed by atoms with Crippen LogP contribution in [0.1, 0.15) is 35.9 Å². The van der Waals surface area contributed by atoms with Gasteiger partial charge in [0.25, 0.3) is 5.91 Å². The van der Waals surface area contributed by atoms with E-state index in [1.54, 1.807) is 6.20 Å². The van der Waals surface area contributed by atoms with Crippen LogP contribution in [0.25, 0.3) is 0 Å². The molecule has 9 heteroatoms. The lowest BCUT2D eigenvalue weighted by Gasteiger charge is -2.23. The van der Waals surface area contributed by atoms with Crippen LogP contribution in [-0.2, 0) is 6.42 Å². The number of primary amides is 1. The Morgan fingerprint density at radius 2 is 2.17 bits per heavy atom. The number of nitrogens with one attached hydrogen (secondary N) is 4. The first-order valence-electron chi connectivity index (χ1n) is 7.85. The van der Waals surface area contributed by atoms with Crippen LogP contribution in [0.15, 0.2) is 11.9 Å². The number of carbonyl (C=O) groups excluding carboxylic acids is 1. The van der Waals surface area contributed by atoms with Crippen LogP contribution < -0.4 is 21.7 Å². The molecule has 24 heavy (non-hydrogen) atoms. The fourth-order valence-corrected chi connectivity index (χ4v) is 2.64. The average Bonchev–Trinajstić information content (AvgIpc) is 2.59. The van der Waals surface area contributed by atoms with E-state index in [0.29, 0.717) is 23.9 Å². The fraction of sp³-hybridized carbons (Fsp3) is 0.467. The van der Waals surface area contributed by atoms with Crippen LogP contribution >= 0.6 is 11.6 Å². The first-order chi connectivity index (χ1) is 11.5. The van der Waals surface area contributed by atoms with Crippen LogP contribution in [0.2, 0.25) is 5.15 Å². The normalized spacial score (nSPS) is 15.8. The molecule has 130 valence electrons. The second-order valence-electron chi connectivity index (χ2n) is 5.44. The topological polar surface area (TPSA) is 129 Å². The zero-order valence-electron chi connectivity index (χ0n) is 13.5. The van der Waals surface area contributed by atoms with Crippen LogP contribution in [0.3, 0.4) is 0 Å². The second kappa shape index (κ2) is 8.60. The molecule has 0 atom stereocenters. The molecule has 1 saturated heterocycles. The van der Waals surface area contributed by atoms with Crippen LogP contribution in [0.4, 0.5) is 5.82 Å². The predicted octanol–water partition coefficient (Wildman–Crippen LogP) is 1.04. The Balaban J connectivity index is 2.18. The molecular weight excluding hydrogens is 330 g/mol. The number of amides is 1. The highest BCUT2D eigenvalue weighted by atomic mass is 35.5. The number of carbonyl (C=O) groups is 1. The van der Waals surface area contributed by atoms with Gasteiger partial charge in [-0.05, 0) is 32.4 Å². The quantitative estimate of drug-likeness (QED) is 0.467. The third-order valence-corrected chi connectivity index (χ3v) is 4.02. The van der Waals surface area contributed by atoms with Gasteiger partial charge in [-0.25, -0.2) is 9.97 Å². The smallest absolute Gasteiger partial charge is 0.271 e. The number of nitrogens with zero attached hydrogens (tertiary/aromatic N) is 2. The summed E-state index contributed by atoms with van der Waals surface area (Å²) in [6.45, 7) is 3.79. The molecule has 0 spiro atoms. The van der Waals surface area contributed by atoms with Crippen molar-refractivity contribution in [3.8, 4) is 0 Å². The number of rotatable bonds is 7. The van der Waals surface area contributed by atoms with E-state index >= 15 is 0 Å². The van der Waals surface area contributed by atoms with Crippen molar-refractivity contribution in [2.75, 3.05) is 18.4 Å². The van der Waals surface area contributed by atoms with Crippen molar-refractivity contribution in [3.63, 3.8) is 0 Å². The summed E-state index contributed by atoms with van der Waals surface area (Å²) in [5.74, 6) is -0.557. The molecule has 8 nitrogen and oxygen atoms in total. The van der Waals surface area contributed by atoms with Gasteiger partial charge in [-0.15, -0.1) is 0 Å². The molecule has 1 aromatic rings. The highest BCUT2D eigenvalue weighted by Gasteiger charge is 2.17. The zero-order chi connectivity index (χ0) is 17.5. The van der Waals surface area contributed by atoms with E-state index in [-0.39, 0.29) is 16.7 Å². The van der Waals surface area contributed by atoms with E-state index in [1.807, 2.05) is 6.92 Å². The Bertz CT molecular complexity index is 641. The summed E-state index contributed by atoms with van der Waals surface area (Å²) in [6, 6.07) is 0.343. The van der Waals surface area contributed by atoms with Crippen molar-refractivity contribution >= 4 is 29.5 Å². The minimum Gasteiger partial charge on any atom is -0.386 e. The maximum absolute atomic E-state index is 11.6. The molecular formula is C15H22ClN7O. The second-order valence-corrected chi connectivity index (χ2v) is 5.79. The summed E-state index contributed by atoms with van der Waals surface area (Å²) in [5, 5.41) is 17.2. The number of aromatic nitrogens is 2. The number of hydrogen-bond donors (Lipinski definition) is 5. The first-order valence-corrected chi connectivity index (χ1v) is 8.23. The Morgan fingerprint density at radius 3 is 2.75 bits per heavy atom. The molecule has 1 fully saturated rings. The minimum absolute atomic E-state index is 0.00543. The van der Waals surface area contributed by atoms with Gasteiger partial charge < -0.3 is 27.1 Å². The molecule has 0 radical (unpaired) electrons. The highest BCUT2D eigenvalue weighted by molar-refractivity contribution is 6.30. The lowest BCUT2D eigenvalue weighted by atomic mass is 10.1. The van der Waals surface area contributed by atoms with Crippen molar-refractivity contribution in [1.29, 1.82) is 5.41 Å². The average molecular weight is 352 g/mol. The van der Waals surface area contributed by atoms with Gasteiger partial charge in [-0.3, -0.25) is 4.79 Å². The fourth-order valence-electron chi connectivity index (χ4n) is 2.38. The van der Waals surface area contributed by atoms with Crippen molar-refractivity contribution in [3.05, 3.63) is 28.4 Å². The van der Waals surface area contributed by atoms with Crippen molar-refractivity contribution < 1.29 is 4.79 Å². The maximum Gasteiger partial charge on any atom is 0.271 e. The summed E-state index contributed by atoms with van der Waals surface area (Å²) in [4.78, 5) is 19.9. The van der Waals surface area contributed by atoms with Gasteiger partial charge in [0.05, 0.1) is 11.4 Å². The molecule has 1 amide bonds. The molecule has 1 aliphatic heterocycles. The van der Waals surface area contributed by atoms with E-state index < -0.39 is 5.91 Å². The summed E-state index contributed by atoms with van der Waals surface area (Å²) in [7, 11) is 0. The molecule has 1 aliphatic rings. The summed E-state index contributed by atoms with van der Waals surface area (Å²) in [6.07, 6.45) is 5.37. The lowest BCUT2D eigenvalue weighted by Crippen LogP contribution is -2.38. The number of nitrogens with two attached hydrogens (primary N) is 1. The summed E-state index contributed by atoms with van der Waals surface area (Å²) in [5.41, 5.74) is 6.32. The van der Waals surface area contributed by atoms with E-state index in [2.05, 4.69) is 25.9 Å². The van der Waals surface area contributed by atoms with Crippen LogP contribution in [0.5, 0.6) is 0 Å². The minimum atomic E-state index is -0.702. The van der Waals surface area contributed by atoms with Crippen molar-refractivity contribution in [1.82, 2.24) is 20.6 Å². The largest absolute Gasteiger partial charge is 0.386 e. The van der Waals surface area contributed by atoms with E-state index in [4.69, 9.17) is 22.7 Å². The Labute approximate surface area is 145 Å². The van der Waals surface area contributed by atoms with Gasteiger partial charge in [0, 0.05) is 18.5 Å². The maximum atomic E-state index is 11.6. The molecule has 2 heterocycles. The number of aryl methyl sites for hydroxylation is 1. The van der Waals surface area contributed by atoms with E-state index in [9.17, 15) is 4.79 Å². The van der Waals surface area contributed by atoms with Gasteiger partial charge in [-0.2, -0.15) is 0 Å². The molecule has 1 aromatic heterocycles. The lowest BCUT2D eigenvalue weighted by molar-refractivity contribution is 0.0996. The van der Waals surface area contributed by atoms with E-state index in [0.717, 1.165) is 32.1 Å². The Kier molecular flexibility index (Phi) is 6.51. The van der Waals surface area contributed by atoms with E-state index in [1.165, 1.54) is 0 Å². The van der Waals surface area contributed by atoms with Gasteiger partial charge in [0.1, 0.15) is 0 Å². The van der Waals surface area contributed by atoms with Crippen molar-refractivity contribution in [2.45, 2.75) is 32.2 Å². The number of hydrogen-bond acceptors (Lipinski definition) is 7. The summed E-state index contributed by atoms with van der Waals surface area (Å²) < 4.78 is 0. The molecule has 0 unspecified atom stereocenters. The number of anilines is 1. The highest BCUT2D eigenvalue weighted by Crippen LogP contribution is 2.19. The molecule has 2 rings (SSSR count). The van der Waals surface area contributed by atoms with Gasteiger partial charge in [0.2, 0.25) is 0 Å². The van der Waals surface area contributed by atoms with Gasteiger partial charge >= 0.3 is 0 Å².